The zero-order chi connectivity index (χ0) is 13.9. The SMILES string of the molecule is CN1C=C/[N+](=C\c2ccc(/C=[N+]3\C=CN(C)C3)cc2)C1. The number of rotatable bonds is 2. The van der Waals surface area contributed by atoms with Crippen LogP contribution in [-0.4, -0.2) is 58.8 Å². The maximum Gasteiger partial charge on any atom is 0.223 e. The lowest BCUT2D eigenvalue weighted by molar-refractivity contribution is -0.457. The Morgan fingerprint density at radius 2 is 1.20 bits per heavy atom. The molecule has 1 aromatic carbocycles. The van der Waals surface area contributed by atoms with Crippen LogP contribution in [0.2, 0.25) is 0 Å². The predicted molar refractivity (Wildman–Crippen MR) is 80.8 cm³/mol. The first-order chi connectivity index (χ1) is 9.69. The first-order valence-electron chi connectivity index (χ1n) is 6.77. The molecule has 0 radical (unpaired) electrons. The average molecular weight is 268 g/mol. The zero-order valence-corrected chi connectivity index (χ0v) is 12.0. The number of nitrogens with zero attached hydrogens (tertiary/aromatic N) is 4. The third-order valence-corrected chi connectivity index (χ3v) is 3.36. The highest BCUT2D eigenvalue weighted by Crippen LogP contribution is 2.04. The second-order valence-corrected chi connectivity index (χ2v) is 5.35. The van der Waals surface area contributed by atoms with Crippen molar-refractivity contribution in [2.45, 2.75) is 0 Å². The van der Waals surface area contributed by atoms with Gasteiger partial charge in [0, 0.05) is 25.2 Å². The van der Waals surface area contributed by atoms with E-state index in [2.05, 4.69) is 94.5 Å². The van der Waals surface area contributed by atoms with Gasteiger partial charge in [0.25, 0.3) is 0 Å². The van der Waals surface area contributed by atoms with E-state index in [-0.39, 0.29) is 0 Å². The van der Waals surface area contributed by atoms with Gasteiger partial charge in [0.15, 0.2) is 24.8 Å². The van der Waals surface area contributed by atoms with Crippen molar-refractivity contribution in [3.63, 3.8) is 0 Å². The molecule has 0 aromatic heterocycles. The summed E-state index contributed by atoms with van der Waals surface area (Å²) in [7, 11) is 4.14. The molecule has 1 aromatic rings. The van der Waals surface area contributed by atoms with Crippen molar-refractivity contribution in [3.8, 4) is 0 Å². The highest BCUT2D eigenvalue weighted by molar-refractivity contribution is 5.80. The summed E-state index contributed by atoms with van der Waals surface area (Å²) >= 11 is 0. The van der Waals surface area contributed by atoms with Gasteiger partial charge >= 0.3 is 0 Å². The summed E-state index contributed by atoms with van der Waals surface area (Å²) in [6.45, 7) is 1.83. The van der Waals surface area contributed by atoms with Crippen LogP contribution in [0, 0.1) is 0 Å². The molecule has 0 saturated carbocycles. The molecule has 0 amide bonds. The summed E-state index contributed by atoms with van der Waals surface area (Å²) in [6.07, 6.45) is 12.7. The highest BCUT2D eigenvalue weighted by atomic mass is 15.3. The van der Waals surface area contributed by atoms with E-state index in [0.717, 1.165) is 13.3 Å². The Morgan fingerprint density at radius 3 is 1.50 bits per heavy atom. The van der Waals surface area contributed by atoms with Gasteiger partial charge in [-0.2, -0.15) is 9.15 Å². The maximum absolute atomic E-state index is 2.18. The quantitative estimate of drug-likeness (QED) is 0.750. The van der Waals surface area contributed by atoms with Crippen LogP contribution in [-0.2, 0) is 0 Å². The molecule has 20 heavy (non-hydrogen) atoms. The fourth-order valence-electron chi connectivity index (χ4n) is 2.32. The van der Waals surface area contributed by atoms with Gasteiger partial charge in [-0.25, -0.2) is 0 Å². The van der Waals surface area contributed by atoms with E-state index in [1.54, 1.807) is 0 Å². The number of hydrogen-bond acceptors (Lipinski definition) is 2. The molecule has 0 N–H and O–H groups in total. The van der Waals surface area contributed by atoms with Gasteiger partial charge in [-0.1, -0.05) is 0 Å². The molecular weight excluding hydrogens is 248 g/mol. The summed E-state index contributed by atoms with van der Waals surface area (Å²) in [4.78, 5) is 4.30. The second-order valence-electron chi connectivity index (χ2n) is 5.35. The Labute approximate surface area is 119 Å². The van der Waals surface area contributed by atoms with Gasteiger partial charge in [-0.3, -0.25) is 0 Å². The minimum atomic E-state index is 0.915. The zero-order valence-electron chi connectivity index (χ0n) is 12.0. The molecule has 0 bridgehead atoms. The Hall–Kier alpha value is -2.36. The standard InChI is InChI=1S/C16H20N4/c1-17-7-9-19(13-17)11-15-3-5-16(6-4-15)12-20-10-8-18(2)14-20/h3-12H,13-14H2,1-2H3/q+2. The van der Waals surface area contributed by atoms with E-state index in [1.807, 2.05) is 0 Å². The van der Waals surface area contributed by atoms with Crippen molar-refractivity contribution in [2.75, 3.05) is 27.4 Å². The van der Waals surface area contributed by atoms with Crippen LogP contribution in [0.5, 0.6) is 0 Å². The minimum absolute atomic E-state index is 0.915. The lowest BCUT2D eigenvalue weighted by Crippen LogP contribution is -2.16. The monoisotopic (exact) mass is 268 g/mol. The molecule has 2 aliphatic rings. The molecule has 0 atom stereocenters. The topological polar surface area (TPSA) is 12.5 Å². The Kier molecular flexibility index (Phi) is 3.37. The number of benzene rings is 1. The largest absolute Gasteiger partial charge is 0.321 e. The average Bonchev–Trinajstić information content (AvgIpc) is 3.01. The van der Waals surface area contributed by atoms with Gasteiger partial charge in [0.1, 0.15) is 0 Å². The molecule has 0 saturated heterocycles. The molecule has 102 valence electrons. The van der Waals surface area contributed by atoms with Crippen molar-refractivity contribution in [3.05, 3.63) is 60.2 Å². The molecule has 0 fully saturated rings. The lowest BCUT2D eigenvalue weighted by Gasteiger charge is -2.00. The van der Waals surface area contributed by atoms with Crippen molar-refractivity contribution < 1.29 is 9.15 Å². The van der Waals surface area contributed by atoms with E-state index in [9.17, 15) is 0 Å². The first-order valence-corrected chi connectivity index (χ1v) is 6.77. The fourth-order valence-corrected chi connectivity index (χ4v) is 2.32. The smallest absolute Gasteiger partial charge is 0.223 e. The Morgan fingerprint density at radius 1 is 0.800 bits per heavy atom. The summed E-state index contributed by atoms with van der Waals surface area (Å²) < 4.78 is 4.35. The molecule has 0 spiro atoms. The van der Waals surface area contributed by atoms with Crippen LogP contribution in [0.1, 0.15) is 11.1 Å². The highest BCUT2D eigenvalue weighted by Gasteiger charge is 2.12. The molecule has 2 aliphatic heterocycles. The van der Waals surface area contributed by atoms with Crippen LogP contribution < -0.4 is 0 Å². The normalized spacial score (nSPS) is 21.7. The number of hydrogen-bond donors (Lipinski definition) is 0. The molecule has 4 nitrogen and oxygen atoms in total. The second kappa shape index (κ2) is 5.33. The molecule has 4 heteroatoms. The van der Waals surface area contributed by atoms with Crippen LogP contribution in [0.3, 0.4) is 0 Å². The van der Waals surface area contributed by atoms with E-state index in [0.29, 0.717) is 0 Å². The van der Waals surface area contributed by atoms with E-state index < -0.39 is 0 Å². The van der Waals surface area contributed by atoms with Crippen molar-refractivity contribution in [1.82, 2.24) is 9.80 Å². The van der Waals surface area contributed by atoms with E-state index in [1.165, 1.54) is 11.1 Å². The van der Waals surface area contributed by atoms with Gasteiger partial charge < -0.3 is 9.80 Å². The first kappa shape index (κ1) is 12.7. The predicted octanol–water partition coefficient (Wildman–Crippen LogP) is 1.30. The van der Waals surface area contributed by atoms with Crippen LogP contribution >= 0.6 is 0 Å². The third kappa shape index (κ3) is 2.96. The summed E-state index contributed by atoms with van der Waals surface area (Å²) in [5.74, 6) is 0. The summed E-state index contributed by atoms with van der Waals surface area (Å²) in [5, 5.41) is 0. The molecule has 3 rings (SSSR count). The Bertz CT molecular complexity index is 553. The Balaban J connectivity index is 1.72. The maximum atomic E-state index is 2.18. The lowest BCUT2D eigenvalue weighted by atomic mass is 10.1. The van der Waals surface area contributed by atoms with E-state index >= 15 is 0 Å². The molecular formula is C16H20N4+2. The van der Waals surface area contributed by atoms with Crippen LogP contribution in [0.25, 0.3) is 0 Å². The van der Waals surface area contributed by atoms with Gasteiger partial charge in [0.2, 0.25) is 13.3 Å². The molecule has 0 unspecified atom stereocenters. The van der Waals surface area contributed by atoms with Crippen molar-refractivity contribution in [1.29, 1.82) is 0 Å². The van der Waals surface area contributed by atoms with E-state index in [4.69, 9.17) is 0 Å². The van der Waals surface area contributed by atoms with Crippen molar-refractivity contribution in [2.24, 2.45) is 0 Å². The van der Waals surface area contributed by atoms with Crippen LogP contribution in [0.4, 0.5) is 0 Å². The fraction of sp³-hybridized carbons (Fsp3) is 0.250. The molecule has 0 aliphatic carbocycles. The molecule has 2 heterocycles. The van der Waals surface area contributed by atoms with Gasteiger partial charge in [-0.05, 0) is 24.3 Å². The summed E-state index contributed by atoms with van der Waals surface area (Å²) in [6, 6.07) is 8.62. The third-order valence-electron chi connectivity index (χ3n) is 3.36. The van der Waals surface area contributed by atoms with Crippen molar-refractivity contribution >= 4 is 12.4 Å². The van der Waals surface area contributed by atoms with Gasteiger partial charge in [-0.15, -0.1) is 0 Å². The van der Waals surface area contributed by atoms with Crippen LogP contribution in [0.15, 0.2) is 49.1 Å². The summed E-state index contributed by atoms with van der Waals surface area (Å²) in [5.41, 5.74) is 2.44. The minimum Gasteiger partial charge on any atom is -0.321 e. The van der Waals surface area contributed by atoms with Gasteiger partial charge in [0.05, 0.1) is 12.4 Å².